The summed E-state index contributed by atoms with van der Waals surface area (Å²) >= 11 is 0. The minimum absolute atomic E-state index is 0.118. The van der Waals surface area contributed by atoms with Crippen LogP contribution in [0.5, 0.6) is 5.75 Å². The Morgan fingerprint density at radius 2 is 1.84 bits per heavy atom. The van der Waals surface area contributed by atoms with Gasteiger partial charge in [-0.05, 0) is 61.7 Å². The van der Waals surface area contributed by atoms with Crippen LogP contribution in [0.2, 0.25) is 0 Å². The fourth-order valence-corrected chi connectivity index (χ4v) is 3.59. The van der Waals surface area contributed by atoms with Crippen LogP contribution in [0.1, 0.15) is 35.4 Å². The molecular formula is C23H21F3N4O2. The van der Waals surface area contributed by atoms with Gasteiger partial charge in [-0.1, -0.05) is 12.1 Å². The van der Waals surface area contributed by atoms with E-state index in [1.165, 1.54) is 6.07 Å². The fourth-order valence-electron chi connectivity index (χ4n) is 3.59. The van der Waals surface area contributed by atoms with Crippen LogP contribution in [-0.2, 0) is 6.18 Å². The highest BCUT2D eigenvalue weighted by Gasteiger charge is 2.35. The van der Waals surface area contributed by atoms with Crippen LogP contribution < -0.4 is 15.4 Å². The molecule has 6 nitrogen and oxygen atoms in total. The molecule has 1 amide bonds. The number of carbonyl (C=O) groups excluding carboxylic acids is 1. The summed E-state index contributed by atoms with van der Waals surface area (Å²) < 4.78 is 44.9. The molecule has 3 aromatic rings. The van der Waals surface area contributed by atoms with Gasteiger partial charge in [-0.25, -0.2) is 9.97 Å². The molecule has 1 heterocycles. The van der Waals surface area contributed by atoms with Crippen LogP contribution in [0.3, 0.4) is 0 Å². The van der Waals surface area contributed by atoms with Crippen LogP contribution in [0.15, 0.2) is 60.3 Å². The minimum atomic E-state index is -4.65. The number of halogens is 3. The maximum absolute atomic E-state index is 13.3. The summed E-state index contributed by atoms with van der Waals surface area (Å²) in [6.45, 7) is 0. The molecule has 4 rings (SSSR count). The van der Waals surface area contributed by atoms with Gasteiger partial charge in [-0.15, -0.1) is 0 Å². The molecule has 0 saturated carbocycles. The first-order chi connectivity index (χ1) is 15.3. The molecule has 2 N–H and O–H groups in total. The van der Waals surface area contributed by atoms with E-state index in [1.807, 2.05) is 6.08 Å². The molecule has 166 valence electrons. The van der Waals surface area contributed by atoms with Gasteiger partial charge in [0.15, 0.2) is 0 Å². The van der Waals surface area contributed by atoms with Crippen molar-refractivity contribution >= 4 is 22.6 Å². The summed E-state index contributed by atoms with van der Waals surface area (Å²) in [4.78, 5) is 19.9. The lowest BCUT2D eigenvalue weighted by molar-refractivity contribution is -0.144. The normalized spacial score (nSPS) is 16.4. The number of hydrogen-bond donors (Lipinski definition) is 2. The highest BCUT2D eigenvalue weighted by molar-refractivity contribution is 5.95. The third-order valence-corrected chi connectivity index (χ3v) is 5.17. The highest BCUT2D eigenvalue weighted by atomic mass is 19.4. The smallest absolute Gasteiger partial charge is 0.451 e. The van der Waals surface area contributed by atoms with Gasteiger partial charge in [-0.2, -0.15) is 13.2 Å². The standard InChI is InChI=1S/C23H21F3N4O2/c1-32-17-11-9-14(10-12-17)21(31)28-16-6-4-5-15(13-16)27-20-18-7-2-3-8-19(18)29-22(30-20)23(24,25)26/h2-3,7-13,15H,4-6H2,1H3,(H,28,31)(H,27,29,30)/t15-/m0/s1. The molecule has 32 heavy (non-hydrogen) atoms. The number of fused-ring (bicyclic) bond motifs is 1. The number of anilines is 1. The van der Waals surface area contributed by atoms with Crippen LogP contribution in [0, 0.1) is 0 Å². The molecule has 9 heteroatoms. The molecule has 0 spiro atoms. The second-order valence-electron chi connectivity index (χ2n) is 7.43. The number of para-hydroxylation sites is 1. The summed E-state index contributed by atoms with van der Waals surface area (Å²) in [6, 6.07) is 13.0. The summed E-state index contributed by atoms with van der Waals surface area (Å²) in [5.74, 6) is -0.678. The topological polar surface area (TPSA) is 76.1 Å². The van der Waals surface area contributed by atoms with Gasteiger partial charge in [0.25, 0.3) is 5.91 Å². The Morgan fingerprint density at radius 3 is 2.56 bits per heavy atom. The van der Waals surface area contributed by atoms with E-state index in [-0.39, 0.29) is 23.3 Å². The van der Waals surface area contributed by atoms with Crippen molar-refractivity contribution in [3.8, 4) is 5.75 Å². The highest BCUT2D eigenvalue weighted by Crippen LogP contribution is 2.31. The Kier molecular flexibility index (Phi) is 5.98. The van der Waals surface area contributed by atoms with E-state index in [0.717, 1.165) is 6.42 Å². The minimum Gasteiger partial charge on any atom is -0.497 e. The van der Waals surface area contributed by atoms with Gasteiger partial charge in [0.05, 0.1) is 12.6 Å². The first-order valence-electron chi connectivity index (χ1n) is 10.1. The maximum atomic E-state index is 13.3. The first-order valence-corrected chi connectivity index (χ1v) is 10.1. The van der Waals surface area contributed by atoms with E-state index < -0.39 is 12.0 Å². The zero-order valence-corrected chi connectivity index (χ0v) is 17.2. The molecule has 1 atom stereocenters. The number of hydrogen-bond acceptors (Lipinski definition) is 5. The maximum Gasteiger partial charge on any atom is 0.451 e. The van der Waals surface area contributed by atoms with Gasteiger partial charge in [0.1, 0.15) is 11.6 Å². The Morgan fingerprint density at radius 1 is 1.09 bits per heavy atom. The van der Waals surface area contributed by atoms with Gasteiger partial charge in [0, 0.05) is 22.7 Å². The van der Waals surface area contributed by atoms with Crippen molar-refractivity contribution in [2.45, 2.75) is 31.5 Å². The Hall–Kier alpha value is -3.62. The number of alkyl halides is 3. The van der Waals surface area contributed by atoms with Gasteiger partial charge >= 0.3 is 6.18 Å². The Balaban J connectivity index is 1.55. The molecule has 0 unspecified atom stereocenters. The molecule has 0 bridgehead atoms. The number of rotatable bonds is 5. The third-order valence-electron chi connectivity index (χ3n) is 5.17. The lowest BCUT2D eigenvalue weighted by atomic mass is 9.99. The average Bonchev–Trinajstić information content (AvgIpc) is 2.78. The number of amides is 1. The monoisotopic (exact) mass is 442 g/mol. The lowest BCUT2D eigenvalue weighted by Gasteiger charge is -2.24. The Labute approximate surface area is 182 Å². The van der Waals surface area contributed by atoms with Gasteiger partial charge in [0.2, 0.25) is 5.82 Å². The number of nitrogens with zero attached hydrogens (tertiary/aromatic N) is 2. The zero-order valence-electron chi connectivity index (χ0n) is 17.2. The van der Waals surface area contributed by atoms with Crippen LogP contribution in [0.25, 0.3) is 10.9 Å². The number of aromatic nitrogens is 2. The first kappa shape index (κ1) is 21.6. The number of allylic oxidation sites excluding steroid dienone is 1. The van der Waals surface area contributed by atoms with Crippen molar-refractivity contribution in [2.24, 2.45) is 0 Å². The molecule has 0 saturated heterocycles. The number of carbonyl (C=O) groups is 1. The van der Waals surface area contributed by atoms with Crippen molar-refractivity contribution in [3.63, 3.8) is 0 Å². The van der Waals surface area contributed by atoms with Crippen molar-refractivity contribution in [1.29, 1.82) is 0 Å². The molecule has 0 radical (unpaired) electrons. The van der Waals surface area contributed by atoms with Crippen molar-refractivity contribution in [2.75, 3.05) is 12.4 Å². The predicted octanol–water partition coefficient (Wildman–Crippen LogP) is 4.94. The predicted molar refractivity (Wildman–Crippen MR) is 114 cm³/mol. The molecular weight excluding hydrogens is 421 g/mol. The van der Waals surface area contributed by atoms with E-state index in [0.29, 0.717) is 35.2 Å². The molecule has 2 aromatic carbocycles. The summed E-state index contributed by atoms with van der Waals surface area (Å²) in [5.41, 5.74) is 1.41. The Bertz CT molecular complexity index is 1160. The van der Waals surface area contributed by atoms with E-state index in [9.17, 15) is 18.0 Å². The van der Waals surface area contributed by atoms with Crippen molar-refractivity contribution in [1.82, 2.24) is 15.3 Å². The number of methoxy groups -OCH3 is 1. The van der Waals surface area contributed by atoms with Crippen LogP contribution >= 0.6 is 0 Å². The zero-order chi connectivity index (χ0) is 22.7. The van der Waals surface area contributed by atoms with Gasteiger partial charge < -0.3 is 15.4 Å². The third kappa shape index (κ3) is 4.82. The second-order valence-corrected chi connectivity index (χ2v) is 7.43. The summed E-state index contributed by atoms with van der Waals surface area (Å²) in [6.07, 6.45) is -0.697. The largest absolute Gasteiger partial charge is 0.497 e. The van der Waals surface area contributed by atoms with Crippen LogP contribution in [-0.4, -0.2) is 29.0 Å². The number of ether oxygens (including phenoxy) is 1. The SMILES string of the molecule is COc1ccc(C(=O)NC2=C[C@@H](Nc3nc(C(F)(F)F)nc4ccccc34)CCC2)cc1. The van der Waals surface area contributed by atoms with Crippen LogP contribution in [0.4, 0.5) is 19.0 Å². The lowest BCUT2D eigenvalue weighted by Crippen LogP contribution is -2.29. The average molecular weight is 442 g/mol. The van der Waals surface area contributed by atoms with Crippen molar-refractivity contribution in [3.05, 3.63) is 71.7 Å². The van der Waals surface area contributed by atoms with Gasteiger partial charge in [-0.3, -0.25) is 4.79 Å². The second kappa shape index (κ2) is 8.86. The van der Waals surface area contributed by atoms with E-state index in [4.69, 9.17) is 4.74 Å². The van der Waals surface area contributed by atoms with Crippen molar-refractivity contribution < 1.29 is 22.7 Å². The van der Waals surface area contributed by atoms with E-state index in [1.54, 1.807) is 49.6 Å². The quantitative estimate of drug-likeness (QED) is 0.586. The molecule has 0 aliphatic heterocycles. The number of nitrogens with one attached hydrogen (secondary N) is 2. The molecule has 1 aliphatic carbocycles. The number of benzene rings is 2. The summed E-state index contributed by atoms with van der Waals surface area (Å²) in [5, 5.41) is 6.49. The molecule has 1 aromatic heterocycles. The molecule has 1 aliphatic rings. The summed E-state index contributed by atoms with van der Waals surface area (Å²) in [7, 11) is 1.55. The van der Waals surface area contributed by atoms with E-state index >= 15 is 0 Å². The fraction of sp³-hybridized carbons (Fsp3) is 0.261. The van der Waals surface area contributed by atoms with E-state index in [2.05, 4.69) is 20.6 Å². The molecule has 0 fully saturated rings.